The lowest BCUT2D eigenvalue weighted by molar-refractivity contribution is -0.141. The van der Waals surface area contributed by atoms with E-state index in [-0.39, 0.29) is 27.8 Å². The van der Waals surface area contributed by atoms with E-state index in [1.165, 1.54) is 25.0 Å². The van der Waals surface area contributed by atoms with Gasteiger partial charge in [-0.2, -0.15) is 0 Å². The standard InChI is InChI=1S/C23H32Cl2N2O3/c24-19-11-8-12-20(25)22(19)21(28)15-17(23(29)30)9-6-4-2-1-3-5-7-10-18-16-26-13-14-27-18/h8,11-12,17,26H,1-7,9-10,13-16H2,(H,29,30). The first-order valence-corrected chi connectivity index (χ1v) is 11.7. The molecule has 1 aliphatic heterocycles. The molecule has 5 nitrogen and oxygen atoms in total. The van der Waals surface area contributed by atoms with Crippen LogP contribution in [0.5, 0.6) is 0 Å². The third-order valence-electron chi connectivity index (χ3n) is 5.49. The average molecular weight is 455 g/mol. The van der Waals surface area contributed by atoms with Crippen molar-refractivity contribution >= 4 is 40.7 Å². The predicted molar refractivity (Wildman–Crippen MR) is 123 cm³/mol. The van der Waals surface area contributed by atoms with Crippen LogP contribution in [-0.2, 0) is 4.79 Å². The molecule has 0 saturated carbocycles. The molecule has 0 fully saturated rings. The Labute approximate surface area is 189 Å². The van der Waals surface area contributed by atoms with Gasteiger partial charge in [-0.15, -0.1) is 0 Å². The van der Waals surface area contributed by atoms with Crippen LogP contribution in [0.4, 0.5) is 0 Å². The lowest BCUT2D eigenvalue weighted by Gasteiger charge is -2.13. The molecular formula is C23H32Cl2N2O3. The fourth-order valence-corrected chi connectivity index (χ4v) is 4.36. The van der Waals surface area contributed by atoms with Crippen LogP contribution in [0.3, 0.4) is 0 Å². The minimum atomic E-state index is -0.938. The van der Waals surface area contributed by atoms with E-state index >= 15 is 0 Å². The Kier molecular flexibility index (Phi) is 11.4. The number of carboxylic acids is 1. The van der Waals surface area contributed by atoms with Gasteiger partial charge in [0.1, 0.15) is 0 Å². The molecule has 0 aliphatic carbocycles. The third kappa shape index (κ3) is 8.75. The SMILES string of the molecule is O=C(CC(CCCCCCCCCC1=NCCNC1)C(=O)O)c1c(Cl)cccc1Cl. The Hall–Kier alpha value is -1.43. The van der Waals surface area contributed by atoms with Crippen LogP contribution in [0.1, 0.15) is 74.6 Å². The fourth-order valence-electron chi connectivity index (χ4n) is 3.76. The summed E-state index contributed by atoms with van der Waals surface area (Å²) in [6, 6.07) is 4.85. The number of hydrogen-bond acceptors (Lipinski definition) is 4. The molecule has 1 aliphatic rings. The fraction of sp³-hybridized carbons (Fsp3) is 0.609. The second-order valence-corrected chi connectivity index (χ2v) is 8.71. The zero-order valence-electron chi connectivity index (χ0n) is 17.5. The maximum Gasteiger partial charge on any atom is 0.306 e. The first-order valence-electron chi connectivity index (χ1n) is 10.9. The first kappa shape index (κ1) is 24.8. The number of benzene rings is 1. The smallest absolute Gasteiger partial charge is 0.306 e. The van der Waals surface area contributed by atoms with E-state index in [4.69, 9.17) is 23.2 Å². The van der Waals surface area contributed by atoms with Gasteiger partial charge in [0.15, 0.2) is 5.78 Å². The number of carboxylic acid groups (broad SMARTS) is 1. The summed E-state index contributed by atoms with van der Waals surface area (Å²) in [5.74, 6) is -1.95. The Morgan fingerprint density at radius 3 is 2.27 bits per heavy atom. The lowest BCUT2D eigenvalue weighted by atomic mass is 9.93. The number of hydrogen-bond donors (Lipinski definition) is 2. The van der Waals surface area contributed by atoms with E-state index in [0.29, 0.717) is 6.42 Å². The lowest BCUT2D eigenvalue weighted by Crippen LogP contribution is -2.30. The highest BCUT2D eigenvalue weighted by Gasteiger charge is 2.24. The van der Waals surface area contributed by atoms with Crippen molar-refractivity contribution in [2.45, 2.75) is 64.2 Å². The zero-order chi connectivity index (χ0) is 21.8. The van der Waals surface area contributed by atoms with Gasteiger partial charge in [0.2, 0.25) is 0 Å². The highest BCUT2D eigenvalue weighted by atomic mass is 35.5. The molecule has 1 heterocycles. The number of nitrogens with one attached hydrogen (secondary N) is 1. The van der Waals surface area contributed by atoms with Gasteiger partial charge in [0.25, 0.3) is 0 Å². The highest BCUT2D eigenvalue weighted by Crippen LogP contribution is 2.28. The van der Waals surface area contributed by atoms with Gasteiger partial charge in [-0.1, -0.05) is 67.8 Å². The number of Topliss-reactive ketones (excluding diaryl/α,β-unsaturated/α-hetero) is 1. The van der Waals surface area contributed by atoms with Gasteiger partial charge in [0.05, 0.1) is 28.1 Å². The van der Waals surface area contributed by atoms with Crippen molar-refractivity contribution < 1.29 is 14.7 Å². The first-order chi connectivity index (χ1) is 14.5. The maximum atomic E-state index is 12.5. The van der Waals surface area contributed by atoms with Crippen molar-refractivity contribution in [2.75, 3.05) is 19.6 Å². The van der Waals surface area contributed by atoms with Crippen LogP contribution in [0.2, 0.25) is 10.0 Å². The Morgan fingerprint density at radius 1 is 1.03 bits per heavy atom. The van der Waals surface area contributed by atoms with Gasteiger partial charge in [0, 0.05) is 25.2 Å². The number of ketones is 1. The summed E-state index contributed by atoms with van der Waals surface area (Å²) in [7, 11) is 0. The number of rotatable bonds is 14. The molecule has 0 spiro atoms. The third-order valence-corrected chi connectivity index (χ3v) is 6.12. The summed E-state index contributed by atoms with van der Waals surface area (Å²) in [6.45, 7) is 2.84. The van der Waals surface area contributed by atoms with Gasteiger partial charge < -0.3 is 10.4 Å². The molecule has 0 amide bonds. The summed E-state index contributed by atoms with van der Waals surface area (Å²) in [4.78, 5) is 28.6. The molecular weight excluding hydrogens is 423 g/mol. The molecule has 166 valence electrons. The highest BCUT2D eigenvalue weighted by molar-refractivity contribution is 6.39. The molecule has 2 rings (SSSR count). The largest absolute Gasteiger partial charge is 0.481 e. The van der Waals surface area contributed by atoms with Gasteiger partial charge in [-0.05, 0) is 31.4 Å². The van der Waals surface area contributed by atoms with Gasteiger partial charge in [-0.25, -0.2) is 0 Å². The van der Waals surface area contributed by atoms with E-state index < -0.39 is 11.9 Å². The maximum absolute atomic E-state index is 12.5. The van der Waals surface area contributed by atoms with Crippen LogP contribution in [0.15, 0.2) is 23.2 Å². The van der Waals surface area contributed by atoms with Gasteiger partial charge in [-0.3, -0.25) is 14.6 Å². The van der Waals surface area contributed by atoms with E-state index in [9.17, 15) is 14.7 Å². The molecule has 1 atom stereocenters. The van der Waals surface area contributed by atoms with E-state index in [0.717, 1.165) is 51.7 Å². The molecule has 2 N–H and O–H groups in total. The Balaban J connectivity index is 1.60. The number of carbonyl (C=O) groups is 2. The monoisotopic (exact) mass is 454 g/mol. The predicted octanol–water partition coefficient (Wildman–Crippen LogP) is 5.82. The topological polar surface area (TPSA) is 78.8 Å². The van der Waals surface area contributed by atoms with E-state index in [1.807, 2.05) is 0 Å². The van der Waals surface area contributed by atoms with Crippen molar-refractivity contribution in [3.63, 3.8) is 0 Å². The minimum Gasteiger partial charge on any atom is -0.481 e. The van der Waals surface area contributed by atoms with Crippen molar-refractivity contribution in [1.29, 1.82) is 0 Å². The van der Waals surface area contributed by atoms with Crippen molar-refractivity contribution in [1.82, 2.24) is 5.32 Å². The van der Waals surface area contributed by atoms with Crippen LogP contribution in [-0.4, -0.2) is 42.2 Å². The normalized spacial score (nSPS) is 14.9. The minimum absolute atomic E-state index is 0.0719. The molecule has 0 saturated heterocycles. The van der Waals surface area contributed by atoms with Crippen LogP contribution >= 0.6 is 23.2 Å². The second-order valence-electron chi connectivity index (χ2n) is 7.90. The second kappa shape index (κ2) is 13.8. The van der Waals surface area contributed by atoms with Crippen LogP contribution < -0.4 is 5.32 Å². The van der Waals surface area contributed by atoms with Crippen molar-refractivity contribution in [3.8, 4) is 0 Å². The Morgan fingerprint density at radius 2 is 1.67 bits per heavy atom. The number of halogens is 2. The summed E-state index contributed by atoms with van der Waals surface area (Å²) >= 11 is 12.1. The molecule has 0 bridgehead atoms. The summed E-state index contributed by atoms with van der Waals surface area (Å²) < 4.78 is 0. The summed E-state index contributed by atoms with van der Waals surface area (Å²) in [6.07, 6.45) is 9.18. The van der Waals surface area contributed by atoms with Crippen molar-refractivity contribution in [2.24, 2.45) is 10.9 Å². The molecule has 7 heteroatoms. The van der Waals surface area contributed by atoms with E-state index in [2.05, 4.69) is 10.3 Å². The molecule has 30 heavy (non-hydrogen) atoms. The average Bonchev–Trinajstić information content (AvgIpc) is 2.72. The van der Waals surface area contributed by atoms with Crippen LogP contribution in [0.25, 0.3) is 0 Å². The summed E-state index contributed by atoms with van der Waals surface area (Å²) in [5.41, 5.74) is 1.52. The quantitative estimate of drug-likeness (QED) is 0.274. The van der Waals surface area contributed by atoms with Crippen LogP contribution in [0, 0.1) is 5.92 Å². The van der Waals surface area contributed by atoms with Gasteiger partial charge >= 0.3 is 5.97 Å². The number of nitrogens with zero attached hydrogens (tertiary/aromatic N) is 1. The number of unbranched alkanes of at least 4 members (excludes halogenated alkanes) is 6. The number of carbonyl (C=O) groups excluding carboxylic acids is 1. The number of aliphatic imine (C=N–C) groups is 1. The molecule has 1 unspecified atom stereocenters. The molecule has 1 aromatic carbocycles. The molecule has 1 aromatic rings. The Bertz CT molecular complexity index is 717. The molecule has 0 radical (unpaired) electrons. The van der Waals surface area contributed by atoms with Crippen molar-refractivity contribution in [3.05, 3.63) is 33.8 Å². The summed E-state index contributed by atoms with van der Waals surface area (Å²) in [5, 5.41) is 13.4. The molecule has 0 aromatic heterocycles. The number of aliphatic carboxylic acids is 1. The zero-order valence-corrected chi connectivity index (χ0v) is 19.0. The van der Waals surface area contributed by atoms with E-state index in [1.54, 1.807) is 18.2 Å².